The van der Waals surface area contributed by atoms with E-state index in [9.17, 15) is 9.59 Å². The highest BCUT2D eigenvalue weighted by Crippen LogP contribution is 2.65. The number of alkyl halides is 1. The number of carbonyl (C=O) groups excluding carboxylic acids is 2. The summed E-state index contributed by atoms with van der Waals surface area (Å²) in [5, 5.41) is 3.06. The second-order valence-corrected chi connectivity index (χ2v) is 12.0. The van der Waals surface area contributed by atoms with E-state index >= 15 is 0 Å². The maximum Gasteiger partial charge on any atom is 0.287 e. The lowest BCUT2D eigenvalue weighted by molar-refractivity contribution is -0.139. The van der Waals surface area contributed by atoms with E-state index in [4.69, 9.17) is 4.42 Å². The predicted molar refractivity (Wildman–Crippen MR) is 114 cm³/mol. The number of hydrogen-bond acceptors (Lipinski definition) is 3. The van der Waals surface area contributed by atoms with E-state index in [1.807, 2.05) is 11.8 Å². The molecule has 0 spiro atoms. The van der Waals surface area contributed by atoms with E-state index in [0.717, 1.165) is 49.9 Å². The Balaban J connectivity index is 1.14. The molecule has 5 nitrogen and oxygen atoms in total. The molecule has 5 fully saturated rings. The average Bonchev–Trinajstić information content (AvgIpc) is 3.06. The molecule has 2 atom stereocenters. The zero-order chi connectivity index (χ0) is 20.2. The van der Waals surface area contributed by atoms with Crippen molar-refractivity contribution < 1.29 is 14.0 Å². The van der Waals surface area contributed by atoms with Crippen molar-refractivity contribution in [2.24, 2.45) is 17.3 Å². The Kier molecular flexibility index (Phi) is 4.84. The number of nitrogens with zero attached hydrogens (tertiary/aromatic N) is 1. The third-order valence-corrected chi connectivity index (χ3v) is 8.71. The lowest BCUT2D eigenvalue weighted by Crippen LogP contribution is -2.54. The van der Waals surface area contributed by atoms with Crippen LogP contribution >= 0.6 is 15.9 Å². The molecule has 29 heavy (non-hydrogen) atoms. The fourth-order valence-corrected chi connectivity index (χ4v) is 8.57. The Morgan fingerprint density at radius 1 is 1.17 bits per heavy atom. The first kappa shape index (κ1) is 19.7. The minimum atomic E-state index is -0.154. The summed E-state index contributed by atoms with van der Waals surface area (Å²) in [5.41, 5.74) is 0.229. The summed E-state index contributed by atoms with van der Waals surface area (Å²) in [7, 11) is 0. The molecule has 0 aromatic carbocycles. The molecule has 4 aliphatic carbocycles. The summed E-state index contributed by atoms with van der Waals surface area (Å²) < 4.78 is 5.71. The third-order valence-electron chi connectivity index (χ3n) is 7.78. The number of amides is 2. The monoisotopic (exact) mass is 462 g/mol. The fourth-order valence-electron chi connectivity index (χ4n) is 7.06. The van der Waals surface area contributed by atoms with Gasteiger partial charge in [-0.05, 0) is 87.7 Å². The molecule has 1 aromatic heterocycles. The number of piperidine rings is 1. The number of hydrogen-bond donors (Lipinski definition) is 1. The van der Waals surface area contributed by atoms with Crippen molar-refractivity contribution in [2.45, 2.75) is 75.1 Å². The highest BCUT2D eigenvalue weighted by atomic mass is 79.9. The van der Waals surface area contributed by atoms with Crippen molar-refractivity contribution in [3.8, 4) is 0 Å². The molecule has 1 N–H and O–H groups in total. The van der Waals surface area contributed by atoms with Crippen LogP contribution in [0.15, 0.2) is 16.5 Å². The Bertz CT molecular complexity index is 797. The second-order valence-electron chi connectivity index (χ2n) is 10.3. The van der Waals surface area contributed by atoms with Crippen LogP contribution in [0.1, 0.15) is 74.1 Å². The smallest absolute Gasteiger partial charge is 0.287 e. The molecule has 1 saturated heterocycles. The molecule has 0 radical (unpaired) electrons. The first-order chi connectivity index (χ1) is 13.8. The lowest BCUT2D eigenvalue weighted by atomic mass is 9.48. The molecule has 5 aliphatic rings. The molecular formula is C23H31BrN2O3. The fraction of sp³-hybridized carbons (Fsp3) is 0.739. The third kappa shape index (κ3) is 3.89. The lowest BCUT2D eigenvalue weighted by Gasteiger charge is -2.60. The average molecular weight is 463 g/mol. The Morgan fingerprint density at radius 3 is 2.45 bits per heavy atom. The van der Waals surface area contributed by atoms with Crippen molar-refractivity contribution >= 4 is 27.7 Å². The minimum absolute atomic E-state index is 0.113. The number of rotatable bonds is 4. The molecule has 6 rings (SSSR count). The molecular weight excluding hydrogens is 432 g/mol. The van der Waals surface area contributed by atoms with Crippen LogP contribution in [0.2, 0.25) is 0 Å². The normalized spacial score (nSPS) is 36.4. The van der Waals surface area contributed by atoms with Gasteiger partial charge in [-0.1, -0.05) is 15.9 Å². The highest BCUT2D eigenvalue weighted by molar-refractivity contribution is 9.10. The van der Waals surface area contributed by atoms with Gasteiger partial charge in [-0.3, -0.25) is 9.59 Å². The van der Waals surface area contributed by atoms with Gasteiger partial charge in [0.25, 0.3) is 5.91 Å². The molecule has 2 unspecified atom stereocenters. The Morgan fingerprint density at radius 2 is 1.86 bits per heavy atom. The molecule has 1 aliphatic heterocycles. The van der Waals surface area contributed by atoms with Gasteiger partial charge in [-0.15, -0.1) is 0 Å². The number of aryl methyl sites for hydroxylation is 1. The van der Waals surface area contributed by atoms with Gasteiger partial charge >= 0.3 is 0 Å². The van der Waals surface area contributed by atoms with Crippen LogP contribution in [0.3, 0.4) is 0 Å². The van der Waals surface area contributed by atoms with Crippen LogP contribution in [-0.4, -0.2) is 40.2 Å². The van der Waals surface area contributed by atoms with E-state index in [1.165, 1.54) is 38.5 Å². The van der Waals surface area contributed by atoms with Gasteiger partial charge in [0.1, 0.15) is 5.76 Å². The van der Waals surface area contributed by atoms with Gasteiger partial charge in [-0.25, -0.2) is 0 Å². The standard InChI is InChI=1S/C23H31BrN2O3/c1-15-2-3-19(29-15)21(28)25-18-4-6-26(7-5-18)20(27)13-22-9-16-8-17(10-22)12-23(24,11-16)14-22/h2-3,16-18H,4-14H2,1H3,(H,25,28). The van der Waals surface area contributed by atoms with Gasteiger partial charge in [0.15, 0.2) is 5.76 Å². The summed E-state index contributed by atoms with van der Waals surface area (Å²) >= 11 is 4.06. The highest BCUT2D eigenvalue weighted by Gasteiger charge is 2.57. The zero-order valence-corrected chi connectivity index (χ0v) is 18.8. The van der Waals surface area contributed by atoms with Crippen LogP contribution in [0.5, 0.6) is 0 Å². The van der Waals surface area contributed by atoms with Gasteiger partial charge in [0.05, 0.1) is 0 Å². The first-order valence-corrected chi connectivity index (χ1v) is 11.9. The van der Waals surface area contributed by atoms with Gasteiger partial charge in [0.2, 0.25) is 5.91 Å². The first-order valence-electron chi connectivity index (χ1n) is 11.2. The van der Waals surface area contributed by atoms with Crippen molar-refractivity contribution in [1.82, 2.24) is 10.2 Å². The van der Waals surface area contributed by atoms with Crippen molar-refractivity contribution in [3.63, 3.8) is 0 Å². The SMILES string of the molecule is Cc1ccc(C(=O)NC2CCN(C(=O)CC34CC5CC(CC(Br)(C5)C3)C4)CC2)o1. The second kappa shape index (κ2) is 7.14. The summed E-state index contributed by atoms with van der Waals surface area (Å²) in [4.78, 5) is 27.5. The largest absolute Gasteiger partial charge is 0.456 e. The summed E-state index contributed by atoms with van der Waals surface area (Å²) in [6, 6.07) is 3.63. The van der Waals surface area contributed by atoms with Crippen molar-refractivity contribution in [3.05, 3.63) is 23.7 Å². The number of likely N-dealkylation sites (tertiary alicyclic amines) is 1. The number of halogens is 1. The van der Waals surface area contributed by atoms with Crippen LogP contribution in [0.4, 0.5) is 0 Å². The number of furan rings is 1. The maximum absolute atomic E-state index is 13.1. The molecule has 6 heteroatoms. The van der Waals surface area contributed by atoms with Gasteiger partial charge in [0, 0.05) is 29.9 Å². The Hall–Kier alpha value is -1.30. The summed E-state index contributed by atoms with van der Waals surface area (Å²) in [6.45, 7) is 3.31. The predicted octanol–water partition coefficient (Wildman–Crippen LogP) is 4.43. The van der Waals surface area contributed by atoms with Crippen LogP contribution in [0, 0.1) is 24.2 Å². The maximum atomic E-state index is 13.1. The van der Waals surface area contributed by atoms with Gasteiger partial charge in [-0.2, -0.15) is 0 Å². The van der Waals surface area contributed by atoms with E-state index < -0.39 is 0 Å². The number of nitrogens with one attached hydrogen (secondary N) is 1. The topological polar surface area (TPSA) is 62.6 Å². The van der Waals surface area contributed by atoms with E-state index in [2.05, 4.69) is 21.2 Å². The molecule has 158 valence electrons. The molecule has 1 aromatic rings. The van der Waals surface area contributed by atoms with Crippen molar-refractivity contribution in [2.75, 3.05) is 13.1 Å². The Labute approximate surface area is 181 Å². The quantitative estimate of drug-likeness (QED) is 0.672. The van der Waals surface area contributed by atoms with Crippen LogP contribution in [0.25, 0.3) is 0 Å². The van der Waals surface area contributed by atoms with E-state index in [-0.39, 0.29) is 17.4 Å². The van der Waals surface area contributed by atoms with Gasteiger partial charge < -0.3 is 14.6 Å². The van der Waals surface area contributed by atoms with Crippen LogP contribution in [-0.2, 0) is 4.79 Å². The summed E-state index contributed by atoms with van der Waals surface area (Å²) in [5.74, 6) is 2.91. The zero-order valence-electron chi connectivity index (χ0n) is 17.2. The van der Waals surface area contributed by atoms with E-state index in [1.54, 1.807) is 12.1 Å². The minimum Gasteiger partial charge on any atom is -0.456 e. The van der Waals surface area contributed by atoms with E-state index in [0.29, 0.717) is 16.0 Å². The molecule has 4 saturated carbocycles. The number of carbonyl (C=O) groups is 2. The van der Waals surface area contributed by atoms with Crippen molar-refractivity contribution in [1.29, 1.82) is 0 Å². The van der Waals surface area contributed by atoms with Crippen LogP contribution < -0.4 is 5.32 Å². The molecule has 2 heterocycles. The summed E-state index contributed by atoms with van der Waals surface area (Å²) in [6.07, 6.45) is 10.0. The molecule has 4 bridgehead atoms. The molecule has 2 amide bonds.